The average molecular weight is 383 g/mol. The zero-order valence-electron chi connectivity index (χ0n) is 15.9. The molecule has 4 nitrogen and oxygen atoms in total. The number of fused-ring (bicyclic) bond motifs is 1. The highest BCUT2D eigenvalue weighted by molar-refractivity contribution is 7.80. The predicted molar refractivity (Wildman–Crippen MR) is 116 cm³/mol. The second-order valence-corrected chi connectivity index (χ2v) is 7.53. The zero-order chi connectivity index (χ0) is 19.6. The molecule has 1 heterocycles. The molecule has 27 heavy (non-hydrogen) atoms. The van der Waals surface area contributed by atoms with Crippen LogP contribution in [0, 0.1) is 5.82 Å². The molecule has 2 aromatic rings. The lowest BCUT2D eigenvalue weighted by Gasteiger charge is -2.40. The van der Waals surface area contributed by atoms with Gasteiger partial charge in [-0.2, -0.15) is 5.10 Å². The van der Waals surface area contributed by atoms with Crippen molar-refractivity contribution >= 4 is 40.5 Å². The van der Waals surface area contributed by atoms with Crippen molar-refractivity contribution in [2.24, 2.45) is 5.10 Å². The number of benzene rings is 2. The van der Waals surface area contributed by atoms with Gasteiger partial charge in [0.15, 0.2) is 5.11 Å². The van der Waals surface area contributed by atoms with Crippen molar-refractivity contribution < 1.29 is 4.39 Å². The summed E-state index contributed by atoms with van der Waals surface area (Å²) in [5.74, 6) is -0.321. The first kappa shape index (κ1) is 19.0. The van der Waals surface area contributed by atoms with E-state index in [4.69, 9.17) is 12.2 Å². The fourth-order valence-electron chi connectivity index (χ4n) is 3.13. The van der Waals surface area contributed by atoms with E-state index in [2.05, 4.69) is 40.7 Å². The topological polar surface area (TPSA) is 39.7 Å². The molecule has 3 rings (SSSR count). The van der Waals surface area contributed by atoms with Crippen LogP contribution in [0.2, 0.25) is 0 Å². The molecule has 0 spiro atoms. The van der Waals surface area contributed by atoms with Crippen molar-refractivity contribution in [1.29, 1.82) is 0 Å². The average Bonchev–Trinajstić information content (AvgIpc) is 2.61. The predicted octanol–water partition coefficient (Wildman–Crippen LogP) is 4.78. The number of likely N-dealkylation sites (N-methyl/N-ethyl adjacent to an activating group) is 1. The van der Waals surface area contributed by atoms with Crippen LogP contribution in [-0.4, -0.2) is 23.9 Å². The Labute approximate surface area is 164 Å². The van der Waals surface area contributed by atoms with Gasteiger partial charge in [0.1, 0.15) is 5.82 Å². The van der Waals surface area contributed by atoms with E-state index in [-0.39, 0.29) is 11.4 Å². The molecule has 0 aromatic heterocycles. The van der Waals surface area contributed by atoms with E-state index >= 15 is 0 Å². The van der Waals surface area contributed by atoms with Crippen molar-refractivity contribution in [2.45, 2.75) is 26.3 Å². The molecule has 2 aromatic carbocycles. The van der Waals surface area contributed by atoms with Gasteiger partial charge < -0.3 is 10.2 Å². The molecule has 1 aliphatic rings. The largest absolute Gasteiger partial charge is 0.365 e. The van der Waals surface area contributed by atoms with Gasteiger partial charge >= 0.3 is 0 Å². The van der Waals surface area contributed by atoms with E-state index in [0.29, 0.717) is 10.7 Å². The highest BCUT2D eigenvalue weighted by Crippen LogP contribution is 2.38. The minimum absolute atomic E-state index is 0.157. The molecule has 1 aliphatic heterocycles. The normalized spacial score (nSPS) is 15.3. The molecule has 0 saturated carbocycles. The summed E-state index contributed by atoms with van der Waals surface area (Å²) in [7, 11) is 1.98. The fourth-order valence-corrected chi connectivity index (χ4v) is 3.30. The minimum atomic E-state index is -0.321. The Morgan fingerprint density at radius 1 is 1.22 bits per heavy atom. The Hall–Kier alpha value is -2.73. The number of hydrazone groups is 1. The van der Waals surface area contributed by atoms with E-state index in [9.17, 15) is 4.39 Å². The van der Waals surface area contributed by atoms with Gasteiger partial charge in [0.05, 0.1) is 11.8 Å². The number of thiocarbonyl (C=S) groups is 1. The summed E-state index contributed by atoms with van der Waals surface area (Å²) in [4.78, 5) is 2.08. The van der Waals surface area contributed by atoms with Crippen LogP contribution in [0.4, 0.5) is 15.8 Å². The quantitative estimate of drug-likeness (QED) is 0.455. The highest BCUT2D eigenvalue weighted by Gasteiger charge is 2.29. The minimum Gasteiger partial charge on any atom is -0.365 e. The summed E-state index contributed by atoms with van der Waals surface area (Å²) < 4.78 is 14.6. The number of hydrogen-bond acceptors (Lipinski definition) is 3. The van der Waals surface area contributed by atoms with Crippen LogP contribution in [0.25, 0.3) is 5.57 Å². The molecule has 0 saturated heterocycles. The SMILES string of the molecule is CC1=CC(C)(C)N(C)c2cc(F)c(/C=N/NC(=S)Nc3ccccc3)cc21. The van der Waals surface area contributed by atoms with Crippen molar-refractivity contribution in [3.63, 3.8) is 0 Å². The molecule has 2 N–H and O–H groups in total. The third-order valence-corrected chi connectivity index (χ3v) is 4.93. The van der Waals surface area contributed by atoms with Crippen LogP contribution in [-0.2, 0) is 0 Å². The van der Waals surface area contributed by atoms with Crippen molar-refractivity contribution in [3.8, 4) is 0 Å². The van der Waals surface area contributed by atoms with E-state index < -0.39 is 0 Å². The van der Waals surface area contributed by atoms with Crippen molar-refractivity contribution in [2.75, 3.05) is 17.3 Å². The number of para-hydroxylation sites is 1. The van der Waals surface area contributed by atoms with Gasteiger partial charge in [-0.25, -0.2) is 4.39 Å². The molecule has 0 unspecified atom stereocenters. The van der Waals surface area contributed by atoms with Crippen LogP contribution >= 0.6 is 12.2 Å². The summed E-state index contributed by atoms with van der Waals surface area (Å²) in [5.41, 5.74) is 6.83. The lowest BCUT2D eigenvalue weighted by Crippen LogP contribution is -2.42. The number of allylic oxidation sites excluding steroid dienone is 1. The van der Waals surface area contributed by atoms with Gasteiger partial charge in [-0.15, -0.1) is 0 Å². The third kappa shape index (κ3) is 4.17. The summed E-state index contributed by atoms with van der Waals surface area (Å²) >= 11 is 5.20. The molecule has 0 aliphatic carbocycles. The Balaban J connectivity index is 1.76. The summed E-state index contributed by atoms with van der Waals surface area (Å²) in [6.07, 6.45) is 3.63. The van der Waals surface area contributed by atoms with Gasteiger partial charge in [-0.3, -0.25) is 5.43 Å². The Morgan fingerprint density at radius 3 is 2.63 bits per heavy atom. The number of hydrogen-bond donors (Lipinski definition) is 2. The molecule has 6 heteroatoms. The first-order valence-electron chi connectivity index (χ1n) is 8.70. The van der Waals surface area contributed by atoms with Crippen molar-refractivity contribution in [3.05, 3.63) is 65.5 Å². The molecule has 0 radical (unpaired) electrons. The molecular weight excluding hydrogens is 359 g/mol. The van der Waals surface area contributed by atoms with Crippen LogP contribution in [0.15, 0.2) is 53.6 Å². The lowest BCUT2D eigenvalue weighted by atomic mass is 9.88. The molecule has 0 amide bonds. The van der Waals surface area contributed by atoms with Crippen molar-refractivity contribution in [1.82, 2.24) is 5.43 Å². The smallest absolute Gasteiger partial charge is 0.191 e. The number of rotatable bonds is 3. The van der Waals surface area contributed by atoms with Gasteiger partial charge in [-0.05, 0) is 62.8 Å². The number of nitrogens with zero attached hydrogens (tertiary/aromatic N) is 2. The Morgan fingerprint density at radius 2 is 1.93 bits per heavy atom. The van der Waals surface area contributed by atoms with E-state index in [1.54, 1.807) is 6.07 Å². The van der Waals surface area contributed by atoms with E-state index in [1.807, 2.05) is 50.4 Å². The first-order chi connectivity index (χ1) is 12.8. The summed E-state index contributed by atoms with van der Waals surface area (Å²) in [6.45, 7) is 6.26. The molecule has 0 fully saturated rings. The molecular formula is C21H23FN4S. The Kier molecular flexibility index (Phi) is 5.28. The number of halogens is 1. The maximum Gasteiger partial charge on any atom is 0.191 e. The zero-order valence-corrected chi connectivity index (χ0v) is 16.7. The first-order valence-corrected chi connectivity index (χ1v) is 9.11. The maximum absolute atomic E-state index is 14.6. The van der Waals surface area contributed by atoms with E-state index in [0.717, 1.165) is 22.5 Å². The van der Waals surface area contributed by atoms with Gasteiger partial charge in [0.25, 0.3) is 0 Å². The molecule has 0 atom stereocenters. The standard InChI is InChI=1S/C21H23FN4S/c1-14-12-21(2,3)26(4)19-11-18(22)15(10-17(14)19)13-23-25-20(27)24-16-8-6-5-7-9-16/h5-13H,1-4H3,(H2,24,25,27)/b23-13+. The van der Waals surface area contributed by atoms with Crippen LogP contribution in [0.3, 0.4) is 0 Å². The second kappa shape index (κ2) is 7.48. The number of anilines is 2. The van der Waals surface area contributed by atoms with Crippen LogP contribution < -0.4 is 15.6 Å². The van der Waals surface area contributed by atoms with Crippen LogP contribution in [0.1, 0.15) is 31.9 Å². The summed E-state index contributed by atoms with van der Waals surface area (Å²) in [6, 6.07) is 12.9. The highest BCUT2D eigenvalue weighted by atomic mass is 32.1. The molecule has 140 valence electrons. The monoisotopic (exact) mass is 382 g/mol. The van der Waals surface area contributed by atoms with Crippen LogP contribution in [0.5, 0.6) is 0 Å². The van der Waals surface area contributed by atoms with Gasteiger partial charge in [-0.1, -0.05) is 24.3 Å². The fraction of sp³-hybridized carbons (Fsp3) is 0.238. The summed E-state index contributed by atoms with van der Waals surface area (Å²) in [5, 5.41) is 7.42. The Bertz CT molecular complexity index is 919. The second-order valence-electron chi connectivity index (χ2n) is 7.12. The van der Waals surface area contributed by atoms with Gasteiger partial charge in [0, 0.05) is 29.5 Å². The molecule has 0 bridgehead atoms. The third-order valence-electron chi connectivity index (χ3n) is 4.74. The number of nitrogens with one attached hydrogen (secondary N) is 2. The maximum atomic E-state index is 14.6. The van der Waals surface area contributed by atoms with E-state index in [1.165, 1.54) is 6.21 Å². The lowest BCUT2D eigenvalue weighted by molar-refractivity contribution is 0.588. The van der Waals surface area contributed by atoms with Gasteiger partial charge in [0.2, 0.25) is 0 Å².